The molecule has 0 N–H and O–H groups in total. The van der Waals surface area contributed by atoms with Gasteiger partial charge in [0.05, 0.1) is 0 Å². The van der Waals surface area contributed by atoms with E-state index in [4.69, 9.17) is 0 Å². The summed E-state index contributed by atoms with van der Waals surface area (Å²) in [6.07, 6.45) is 6.38. The number of hydrogen-bond acceptors (Lipinski definition) is 1. The molecule has 0 aliphatic carbocycles. The zero-order chi connectivity index (χ0) is 15.1. The van der Waals surface area contributed by atoms with Crippen LogP contribution < -0.4 is 0 Å². The Morgan fingerprint density at radius 1 is 0.905 bits per heavy atom. The smallest absolute Gasteiger partial charge is 0.0207 e. The van der Waals surface area contributed by atoms with Crippen molar-refractivity contribution in [2.75, 3.05) is 0 Å². The second kappa shape index (κ2) is 8.65. The quantitative estimate of drug-likeness (QED) is 0.412. The maximum absolute atomic E-state index is 4.31. The van der Waals surface area contributed by atoms with Gasteiger partial charge in [-0.1, -0.05) is 78.5 Å². The maximum Gasteiger partial charge on any atom is 0.0207 e. The van der Waals surface area contributed by atoms with Gasteiger partial charge in [-0.3, -0.25) is 0 Å². The van der Waals surface area contributed by atoms with E-state index >= 15 is 0 Å². The predicted molar refractivity (Wildman–Crippen MR) is 100 cm³/mol. The Morgan fingerprint density at radius 3 is 2.29 bits per heavy atom. The lowest BCUT2D eigenvalue weighted by Gasteiger charge is -2.09. The minimum Gasteiger partial charge on any atom is -0.175 e. The van der Waals surface area contributed by atoms with Crippen molar-refractivity contribution in [3.8, 4) is 11.1 Å². The first-order chi connectivity index (χ1) is 10.2. The van der Waals surface area contributed by atoms with Crippen LogP contribution in [0.1, 0.15) is 43.7 Å². The first kappa shape index (κ1) is 16.6. The number of hydrogen-bond donors (Lipinski definition) is 1. The molecule has 0 aromatic heterocycles. The van der Waals surface area contributed by atoms with Crippen LogP contribution in [0.2, 0.25) is 0 Å². The summed E-state index contributed by atoms with van der Waals surface area (Å²) in [5.74, 6) is 0.795. The van der Waals surface area contributed by atoms with E-state index in [0.29, 0.717) is 0 Å². The molecule has 2 aromatic carbocycles. The van der Waals surface area contributed by atoms with Gasteiger partial charge < -0.3 is 0 Å². The van der Waals surface area contributed by atoms with Crippen LogP contribution in [0.5, 0.6) is 0 Å². The lowest BCUT2D eigenvalue weighted by Crippen LogP contribution is -1.90. The molecule has 0 spiro atoms. The van der Waals surface area contributed by atoms with Crippen LogP contribution in [0.15, 0.2) is 46.9 Å². The third-order valence-corrected chi connectivity index (χ3v) is 4.95. The van der Waals surface area contributed by atoms with Crippen molar-refractivity contribution in [3.63, 3.8) is 0 Å². The van der Waals surface area contributed by atoms with Crippen LogP contribution in [0, 0.1) is 0 Å². The summed E-state index contributed by atoms with van der Waals surface area (Å²) in [7, 11) is 0. The molecule has 2 heteroatoms. The molecule has 0 aliphatic rings. The largest absolute Gasteiger partial charge is 0.175 e. The highest BCUT2D eigenvalue weighted by atomic mass is 79.9. The lowest BCUT2D eigenvalue weighted by atomic mass is 9.99. The average molecular weight is 363 g/mol. The van der Waals surface area contributed by atoms with E-state index in [1.807, 2.05) is 0 Å². The Kier molecular flexibility index (Phi) is 6.85. The second-order valence-electron chi connectivity index (χ2n) is 5.47. The van der Waals surface area contributed by atoms with E-state index in [2.05, 4.69) is 77.9 Å². The Hall–Kier alpha value is -0.730. The van der Waals surface area contributed by atoms with Crippen LogP contribution >= 0.6 is 28.6 Å². The fourth-order valence-corrected chi connectivity index (χ4v) is 3.15. The van der Waals surface area contributed by atoms with Crippen molar-refractivity contribution in [1.29, 1.82) is 0 Å². The third kappa shape index (κ3) is 4.89. The lowest BCUT2D eigenvalue weighted by molar-refractivity contribution is 0.666. The van der Waals surface area contributed by atoms with Crippen molar-refractivity contribution in [2.45, 2.75) is 44.8 Å². The number of aryl methyl sites for hydroxylation is 1. The molecule has 0 amide bonds. The molecule has 0 unspecified atom stereocenters. The second-order valence-corrected chi connectivity index (χ2v) is 6.64. The van der Waals surface area contributed by atoms with E-state index < -0.39 is 0 Å². The van der Waals surface area contributed by atoms with Gasteiger partial charge in [-0.15, -0.1) is 0 Å². The minimum absolute atomic E-state index is 0.795. The number of unbranched alkanes of at least 4 members (excludes halogenated alkanes) is 3. The van der Waals surface area contributed by atoms with Crippen molar-refractivity contribution in [1.82, 2.24) is 0 Å². The van der Waals surface area contributed by atoms with Crippen LogP contribution in [0.25, 0.3) is 11.1 Å². The van der Waals surface area contributed by atoms with Gasteiger partial charge in [0.25, 0.3) is 0 Å². The van der Waals surface area contributed by atoms with Gasteiger partial charge in [0, 0.05) is 10.2 Å². The minimum atomic E-state index is 0.795. The summed E-state index contributed by atoms with van der Waals surface area (Å²) < 4.78 is 1.23. The molecule has 0 saturated carbocycles. The van der Waals surface area contributed by atoms with E-state index in [9.17, 15) is 0 Å². The third-order valence-electron chi connectivity index (χ3n) is 3.82. The highest BCUT2D eigenvalue weighted by Crippen LogP contribution is 2.27. The molecule has 0 fully saturated rings. The average Bonchev–Trinajstić information content (AvgIpc) is 2.53. The fraction of sp³-hybridized carbons (Fsp3) is 0.368. The summed E-state index contributed by atoms with van der Waals surface area (Å²) in [6.45, 7) is 2.25. The molecule has 0 heterocycles. The van der Waals surface area contributed by atoms with Gasteiger partial charge in [-0.05, 0) is 41.2 Å². The zero-order valence-electron chi connectivity index (χ0n) is 12.6. The summed E-state index contributed by atoms with van der Waals surface area (Å²) in [5, 5.41) is 0. The van der Waals surface area contributed by atoms with Gasteiger partial charge >= 0.3 is 0 Å². The van der Waals surface area contributed by atoms with E-state index in [1.165, 1.54) is 52.4 Å². The van der Waals surface area contributed by atoms with Crippen LogP contribution in [-0.2, 0) is 12.2 Å². The van der Waals surface area contributed by atoms with Crippen LogP contribution in [-0.4, -0.2) is 0 Å². The Labute approximate surface area is 142 Å². The van der Waals surface area contributed by atoms with E-state index in [1.54, 1.807) is 0 Å². The summed E-state index contributed by atoms with van der Waals surface area (Å²) in [6, 6.07) is 15.4. The maximum atomic E-state index is 4.31. The molecule has 2 aromatic rings. The molecular weight excluding hydrogens is 340 g/mol. The number of rotatable bonds is 7. The number of halogens is 1. The molecular formula is C19H23BrS. The normalized spacial score (nSPS) is 10.8. The Balaban J connectivity index is 2.12. The molecule has 21 heavy (non-hydrogen) atoms. The number of benzene rings is 2. The summed E-state index contributed by atoms with van der Waals surface area (Å²) in [4.78, 5) is 0. The van der Waals surface area contributed by atoms with Crippen molar-refractivity contribution < 1.29 is 0 Å². The first-order valence-electron chi connectivity index (χ1n) is 7.73. The van der Waals surface area contributed by atoms with Crippen molar-refractivity contribution in [3.05, 3.63) is 58.1 Å². The molecule has 0 aliphatic heterocycles. The van der Waals surface area contributed by atoms with Gasteiger partial charge in [-0.2, -0.15) is 12.6 Å². The molecule has 0 atom stereocenters. The zero-order valence-corrected chi connectivity index (χ0v) is 15.1. The van der Waals surface area contributed by atoms with Crippen LogP contribution in [0.3, 0.4) is 0 Å². The molecule has 112 valence electrons. The van der Waals surface area contributed by atoms with Crippen molar-refractivity contribution in [2.24, 2.45) is 0 Å². The standard InChI is InChI=1S/C19H23BrS/c1-2-3-4-5-6-18-13-17(11-12-19(18)20)16-9-7-15(14-21)8-10-16/h7-13,21H,2-6,14H2,1H3. The Bertz CT molecular complexity index is 560. The van der Waals surface area contributed by atoms with Gasteiger partial charge in [0.15, 0.2) is 0 Å². The number of thiol groups is 1. The SMILES string of the molecule is CCCCCCc1cc(-c2ccc(CS)cc2)ccc1Br. The molecule has 0 bridgehead atoms. The monoisotopic (exact) mass is 362 g/mol. The fourth-order valence-electron chi connectivity index (χ4n) is 2.49. The molecule has 0 radical (unpaired) electrons. The Morgan fingerprint density at radius 2 is 1.62 bits per heavy atom. The molecule has 0 saturated heterocycles. The van der Waals surface area contributed by atoms with E-state index in [-0.39, 0.29) is 0 Å². The highest BCUT2D eigenvalue weighted by Gasteiger charge is 2.04. The summed E-state index contributed by atoms with van der Waals surface area (Å²) in [5.41, 5.74) is 5.26. The van der Waals surface area contributed by atoms with Gasteiger partial charge in [0.2, 0.25) is 0 Å². The predicted octanol–water partition coefficient (Wildman–Crippen LogP) is 6.67. The van der Waals surface area contributed by atoms with Gasteiger partial charge in [0.1, 0.15) is 0 Å². The summed E-state index contributed by atoms with van der Waals surface area (Å²) >= 11 is 8.00. The molecule has 2 rings (SSSR count). The topological polar surface area (TPSA) is 0 Å². The van der Waals surface area contributed by atoms with Gasteiger partial charge in [-0.25, -0.2) is 0 Å². The molecule has 0 nitrogen and oxygen atoms in total. The van der Waals surface area contributed by atoms with E-state index in [0.717, 1.165) is 12.2 Å². The van der Waals surface area contributed by atoms with Crippen LogP contribution in [0.4, 0.5) is 0 Å². The first-order valence-corrected chi connectivity index (χ1v) is 9.15. The highest BCUT2D eigenvalue weighted by molar-refractivity contribution is 9.10. The van der Waals surface area contributed by atoms with Crippen molar-refractivity contribution >= 4 is 28.6 Å².